The lowest BCUT2D eigenvalue weighted by Crippen LogP contribution is -2.44. The second-order valence-electron chi connectivity index (χ2n) is 9.10. The van der Waals surface area contributed by atoms with E-state index in [1.165, 1.54) is 0 Å². The van der Waals surface area contributed by atoms with Gasteiger partial charge in [0, 0.05) is 26.2 Å². The van der Waals surface area contributed by atoms with Crippen LogP contribution in [0.3, 0.4) is 0 Å². The second-order valence-corrected chi connectivity index (χ2v) is 9.10. The predicted octanol–water partition coefficient (Wildman–Crippen LogP) is 4.74. The summed E-state index contributed by atoms with van der Waals surface area (Å²) in [7, 11) is 0. The molecule has 35 heavy (non-hydrogen) atoms. The van der Waals surface area contributed by atoms with E-state index in [1.807, 2.05) is 31.2 Å². The fourth-order valence-corrected chi connectivity index (χ4v) is 4.38. The van der Waals surface area contributed by atoms with Crippen molar-refractivity contribution >= 4 is 5.91 Å². The molecule has 0 aliphatic carbocycles. The van der Waals surface area contributed by atoms with Crippen LogP contribution in [-0.2, 0) is 24.0 Å². The van der Waals surface area contributed by atoms with E-state index < -0.39 is 23.3 Å². The van der Waals surface area contributed by atoms with Crippen LogP contribution in [0.2, 0.25) is 0 Å². The first kappa shape index (κ1) is 24.9. The Kier molecular flexibility index (Phi) is 7.28. The maximum absolute atomic E-state index is 13.9. The third-order valence-electron chi connectivity index (χ3n) is 5.94. The average Bonchev–Trinajstić information content (AvgIpc) is 3.24. The Labute approximate surface area is 202 Å². The van der Waals surface area contributed by atoms with E-state index in [0.717, 1.165) is 47.2 Å². The van der Waals surface area contributed by atoms with Crippen molar-refractivity contribution in [2.24, 2.45) is 0 Å². The molecule has 1 saturated heterocycles. The van der Waals surface area contributed by atoms with E-state index in [0.29, 0.717) is 0 Å². The first-order valence-corrected chi connectivity index (χ1v) is 11.6. The van der Waals surface area contributed by atoms with Crippen molar-refractivity contribution in [2.45, 2.75) is 52.2 Å². The highest BCUT2D eigenvalue weighted by atomic mass is 19.4. The van der Waals surface area contributed by atoms with Crippen molar-refractivity contribution in [1.82, 2.24) is 20.0 Å². The molecular formula is C26H29F3N4O2. The zero-order valence-electron chi connectivity index (χ0n) is 20.0. The van der Waals surface area contributed by atoms with E-state index >= 15 is 0 Å². The number of carbonyl (C=O) groups excluding carboxylic acids is 1. The van der Waals surface area contributed by atoms with Gasteiger partial charge < -0.3 is 10.1 Å². The summed E-state index contributed by atoms with van der Waals surface area (Å²) in [6.07, 6.45) is -3.41. The summed E-state index contributed by atoms with van der Waals surface area (Å²) in [5.74, 6) is -0.823. The van der Waals surface area contributed by atoms with E-state index in [2.05, 4.69) is 29.2 Å². The van der Waals surface area contributed by atoms with Crippen LogP contribution in [-0.4, -0.2) is 45.9 Å². The largest absolute Gasteiger partial charge is 0.434 e. The Morgan fingerprint density at radius 1 is 1.03 bits per heavy atom. The van der Waals surface area contributed by atoms with Gasteiger partial charge >= 0.3 is 6.18 Å². The number of ether oxygens (including phenoxy) is 1. The number of aryl methyl sites for hydroxylation is 1. The summed E-state index contributed by atoms with van der Waals surface area (Å²) in [6.45, 7) is 8.58. The molecule has 1 amide bonds. The molecule has 1 aliphatic rings. The minimum Gasteiger partial charge on any atom is -0.373 e. The molecule has 2 atom stereocenters. The first-order valence-electron chi connectivity index (χ1n) is 11.6. The fourth-order valence-electron chi connectivity index (χ4n) is 4.38. The Morgan fingerprint density at radius 3 is 2.23 bits per heavy atom. The number of nitrogens with one attached hydrogen (secondary N) is 1. The van der Waals surface area contributed by atoms with E-state index in [-0.39, 0.29) is 24.4 Å². The SMILES string of the molecule is Cc1ccc(-n2ncc(C(=O)NCc3ccc(CN4CC(C)OC(C)C4)cc3)c2C(F)(F)F)cc1. The van der Waals surface area contributed by atoms with Crippen LogP contribution in [0, 0.1) is 6.92 Å². The number of hydrogen-bond acceptors (Lipinski definition) is 4. The van der Waals surface area contributed by atoms with Gasteiger partial charge in [0.1, 0.15) is 0 Å². The molecule has 3 aromatic rings. The van der Waals surface area contributed by atoms with Gasteiger partial charge in [0.15, 0.2) is 5.69 Å². The van der Waals surface area contributed by atoms with Crippen molar-refractivity contribution in [3.05, 3.63) is 82.7 Å². The summed E-state index contributed by atoms with van der Waals surface area (Å²) in [4.78, 5) is 15.0. The highest BCUT2D eigenvalue weighted by Gasteiger charge is 2.40. The fraction of sp³-hybridized carbons (Fsp3) is 0.385. The number of nitrogens with zero attached hydrogens (tertiary/aromatic N) is 3. The number of benzene rings is 2. The third kappa shape index (κ3) is 6.10. The van der Waals surface area contributed by atoms with Gasteiger partial charge in [-0.3, -0.25) is 9.69 Å². The number of hydrogen-bond donors (Lipinski definition) is 1. The lowest BCUT2D eigenvalue weighted by Gasteiger charge is -2.35. The molecule has 0 bridgehead atoms. The van der Waals surface area contributed by atoms with Crippen molar-refractivity contribution in [2.75, 3.05) is 13.1 Å². The van der Waals surface area contributed by atoms with Gasteiger partial charge in [0.2, 0.25) is 0 Å². The van der Waals surface area contributed by atoms with Gasteiger partial charge in [-0.1, -0.05) is 42.0 Å². The summed E-state index contributed by atoms with van der Waals surface area (Å²) in [6, 6.07) is 14.2. The van der Waals surface area contributed by atoms with E-state index in [4.69, 9.17) is 4.74 Å². The van der Waals surface area contributed by atoms with Crippen LogP contribution in [0.1, 0.15) is 46.6 Å². The normalized spacial score (nSPS) is 19.0. The third-order valence-corrected chi connectivity index (χ3v) is 5.94. The molecular weight excluding hydrogens is 457 g/mol. The number of carbonyl (C=O) groups is 1. The molecule has 0 saturated carbocycles. The maximum atomic E-state index is 13.9. The standard InChI is InChI=1S/C26H29F3N4O2/c1-17-4-10-22(11-5-17)33-24(26(27,28)29)23(13-31-33)25(34)30-12-20-6-8-21(9-7-20)16-32-14-18(2)35-19(3)15-32/h4-11,13,18-19H,12,14-16H2,1-3H3,(H,30,34). The van der Waals surface area contributed by atoms with Crippen LogP contribution < -0.4 is 5.32 Å². The number of morpholine rings is 1. The molecule has 4 rings (SSSR count). The van der Waals surface area contributed by atoms with Gasteiger partial charge in [-0.2, -0.15) is 18.3 Å². The van der Waals surface area contributed by atoms with Crippen LogP contribution in [0.15, 0.2) is 54.7 Å². The topological polar surface area (TPSA) is 59.4 Å². The highest BCUT2D eigenvalue weighted by Crippen LogP contribution is 2.33. The van der Waals surface area contributed by atoms with E-state index in [9.17, 15) is 18.0 Å². The van der Waals surface area contributed by atoms with Crippen LogP contribution in [0.4, 0.5) is 13.2 Å². The number of halogens is 3. The monoisotopic (exact) mass is 486 g/mol. The molecule has 0 radical (unpaired) electrons. The minimum atomic E-state index is -4.75. The summed E-state index contributed by atoms with van der Waals surface area (Å²) in [5.41, 5.74) is 1.47. The van der Waals surface area contributed by atoms with Crippen LogP contribution in [0.25, 0.3) is 5.69 Å². The molecule has 1 N–H and O–H groups in total. The maximum Gasteiger partial charge on any atom is 0.434 e. The number of rotatable bonds is 6. The molecule has 1 aromatic heterocycles. The molecule has 2 heterocycles. The second kappa shape index (κ2) is 10.2. The Morgan fingerprint density at radius 2 is 1.63 bits per heavy atom. The lowest BCUT2D eigenvalue weighted by molar-refractivity contribution is -0.143. The van der Waals surface area contributed by atoms with Gasteiger partial charge in [-0.15, -0.1) is 0 Å². The van der Waals surface area contributed by atoms with Crippen molar-refractivity contribution < 1.29 is 22.7 Å². The number of alkyl halides is 3. The average molecular weight is 487 g/mol. The van der Waals surface area contributed by atoms with Crippen molar-refractivity contribution in [1.29, 1.82) is 0 Å². The molecule has 186 valence electrons. The summed E-state index contributed by atoms with van der Waals surface area (Å²) in [5, 5.41) is 6.45. The molecule has 1 aliphatic heterocycles. The zero-order chi connectivity index (χ0) is 25.2. The van der Waals surface area contributed by atoms with Gasteiger partial charge in [0.05, 0.1) is 29.7 Å². The molecule has 0 spiro atoms. The van der Waals surface area contributed by atoms with E-state index in [1.54, 1.807) is 24.3 Å². The Bertz CT molecular complexity index is 1150. The molecule has 1 fully saturated rings. The Balaban J connectivity index is 1.42. The summed E-state index contributed by atoms with van der Waals surface area (Å²) < 4.78 is 48.1. The van der Waals surface area contributed by atoms with Crippen molar-refractivity contribution in [3.8, 4) is 5.69 Å². The number of aromatic nitrogens is 2. The van der Waals surface area contributed by atoms with Gasteiger partial charge in [0.25, 0.3) is 5.91 Å². The smallest absolute Gasteiger partial charge is 0.373 e. The minimum absolute atomic E-state index is 0.109. The van der Waals surface area contributed by atoms with Crippen molar-refractivity contribution in [3.63, 3.8) is 0 Å². The van der Waals surface area contributed by atoms with Gasteiger partial charge in [-0.25, -0.2) is 4.68 Å². The van der Waals surface area contributed by atoms with Crippen LogP contribution in [0.5, 0.6) is 0 Å². The molecule has 6 nitrogen and oxygen atoms in total. The first-order chi connectivity index (χ1) is 16.6. The molecule has 2 unspecified atom stereocenters. The predicted molar refractivity (Wildman–Crippen MR) is 126 cm³/mol. The highest BCUT2D eigenvalue weighted by molar-refractivity contribution is 5.95. The molecule has 2 aromatic carbocycles. The zero-order valence-corrected chi connectivity index (χ0v) is 20.0. The van der Waals surface area contributed by atoms with Crippen LogP contribution >= 0.6 is 0 Å². The summed E-state index contributed by atoms with van der Waals surface area (Å²) >= 11 is 0. The Hall–Kier alpha value is -3.17. The van der Waals surface area contributed by atoms with Gasteiger partial charge in [-0.05, 0) is 44.0 Å². The molecule has 9 heteroatoms. The quantitative estimate of drug-likeness (QED) is 0.547. The lowest BCUT2D eigenvalue weighted by atomic mass is 10.1. The number of amides is 1.